The Hall–Kier alpha value is -2.44. The summed E-state index contributed by atoms with van der Waals surface area (Å²) in [6.45, 7) is 1.15. The van der Waals surface area contributed by atoms with Crippen molar-refractivity contribution in [3.05, 3.63) is 59.4 Å². The summed E-state index contributed by atoms with van der Waals surface area (Å²) in [5.74, 6) is 0.222. The molecule has 0 radical (unpaired) electrons. The van der Waals surface area contributed by atoms with Crippen LogP contribution < -0.4 is 0 Å². The summed E-state index contributed by atoms with van der Waals surface area (Å²) in [6.07, 6.45) is -1.45. The molecule has 4 nitrogen and oxygen atoms in total. The Kier molecular flexibility index (Phi) is 4.17. The molecule has 0 N–H and O–H groups in total. The lowest BCUT2D eigenvalue weighted by atomic mass is 9.91. The van der Waals surface area contributed by atoms with E-state index in [1.165, 1.54) is 12.3 Å². The molecule has 0 spiro atoms. The summed E-state index contributed by atoms with van der Waals surface area (Å²) in [7, 11) is 0. The highest BCUT2D eigenvalue weighted by atomic mass is 19.4. The topological polar surface area (TPSA) is 46.1 Å². The number of aromatic nitrogens is 2. The van der Waals surface area contributed by atoms with E-state index in [4.69, 9.17) is 0 Å². The minimum Gasteiger partial charge on any atom is -0.337 e. The summed E-state index contributed by atoms with van der Waals surface area (Å²) < 4.78 is 39.8. The Morgan fingerprint density at radius 1 is 1.04 bits per heavy atom. The fourth-order valence-corrected chi connectivity index (χ4v) is 4.41. The van der Waals surface area contributed by atoms with Crippen molar-refractivity contribution < 1.29 is 18.0 Å². The molecule has 1 saturated heterocycles. The lowest BCUT2D eigenvalue weighted by molar-refractivity contribution is -0.138. The summed E-state index contributed by atoms with van der Waals surface area (Å²) in [5, 5.41) is 7.58. The van der Waals surface area contributed by atoms with Crippen molar-refractivity contribution in [1.82, 2.24) is 15.1 Å². The molecule has 2 heterocycles. The third-order valence-electron chi connectivity index (χ3n) is 5.54. The van der Waals surface area contributed by atoms with Gasteiger partial charge in [-0.2, -0.15) is 18.3 Å². The number of fused-ring (bicyclic) bond motifs is 1. The first kappa shape index (κ1) is 17.0. The largest absolute Gasteiger partial charge is 0.416 e. The fourth-order valence-electron chi connectivity index (χ4n) is 4.41. The molecule has 26 heavy (non-hydrogen) atoms. The Bertz CT molecular complexity index is 795. The third kappa shape index (κ3) is 3.06. The second kappa shape index (κ2) is 6.37. The smallest absolute Gasteiger partial charge is 0.337 e. The van der Waals surface area contributed by atoms with Gasteiger partial charge >= 0.3 is 6.18 Å². The van der Waals surface area contributed by atoms with Gasteiger partial charge in [0.1, 0.15) is 0 Å². The molecule has 1 saturated carbocycles. The normalized spacial score (nSPS) is 25.3. The van der Waals surface area contributed by atoms with E-state index >= 15 is 0 Å². The van der Waals surface area contributed by atoms with Crippen molar-refractivity contribution in [2.75, 3.05) is 13.1 Å². The van der Waals surface area contributed by atoms with Gasteiger partial charge in [-0.05, 0) is 54.4 Å². The number of hydrogen-bond acceptors (Lipinski definition) is 3. The molecule has 2 aromatic rings. The van der Waals surface area contributed by atoms with Crippen LogP contribution in [0.15, 0.2) is 42.6 Å². The van der Waals surface area contributed by atoms with E-state index in [1.54, 1.807) is 29.2 Å². The first-order valence-electron chi connectivity index (χ1n) is 8.66. The number of amides is 1. The Balaban J connectivity index is 1.47. The number of likely N-dealkylation sites (tertiary alicyclic amines) is 1. The van der Waals surface area contributed by atoms with Crippen molar-refractivity contribution in [2.45, 2.75) is 24.9 Å². The summed E-state index contributed by atoms with van der Waals surface area (Å²) in [4.78, 5) is 14.2. The van der Waals surface area contributed by atoms with E-state index in [2.05, 4.69) is 10.2 Å². The van der Waals surface area contributed by atoms with Gasteiger partial charge in [-0.1, -0.05) is 18.2 Å². The zero-order valence-electron chi connectivity index (χ0n) is 14.0. The van der Waals surface area contributed by atoms with Crippen LogP contribution in [0, 0.1) is 11.8 Å². The molecule has 136 valence electrons. The molecule has 3 atom stereocenters. The zero-order chi connectivity index (χ0) is 18.3. The summed E-state index contributed by atoms with van der Waals surface area (Å²) in [5.41, 5.74) is 0.171. The third-order valence-corrected chi connectivity index (χ3v) is 5.54. The van der Waals surface area contributed by atoms with Gasteiger partial charge in [0.15, 0.2) is 5.69 Å². The zero-order valence-corrected chi connectivity index (χ0v) is 14.0. The number of nitrogens with zero attached hydrogens (tertiary/aromatic N) is 3. The van der Waals surface area contributed by atoms with Crippen LogP contribution in [0.3, 0.4) is 0 Å². The number of rotatable bonds is 2. The second-order valence-electron chi connectivity index (χ2n) is 7.09. The van der Waals surface area contributed by atoms with Crippen molar-refractivity contribution >= 4 is 5.91 Å². The predicted molar refractivity (Wildman–Crippen MR) is 88.3 cm³/mol. The molecule has 1 aromatic carbocycles. The van der Waals surface area contributed by atoms with E-state index in [0.29, 0.717) is 37.2 Å². The molecule has 2 fully saturated rings. The second-order valence-corrected chi connectivity index (χ2v) is 7.09. The Labute approximate surface area is 149 Å². The predicted octanol–water partition coefficient (Wildman–Crippen LogP) is 3.76. The summed E-state index contributed by atoms with van der Waals surface area (Å²) >= 11 is 0. The number of halogens is 3. The van der Waals surface area contributed by atoms with Crippen molar-refractivity contribution in [2.24, 2.45) is 11.8 Å². The van der Waals surface area contributed by atoms with Gasteiger partial charge in [0, 0.05) is 19.3 Å². The molecule has 2 aliphatic rings. The van der Waals surface area contributed by atoms with E-state index in [1.807, 2.05) is 0 Å². The number of carbonyl (C=O) groups excluding carboxylic acids is 1. The Morgan fingerprint density at radius 2 is 1.73 bits per heavy atom. The number of hydrogen-bond donors (Lipinski definition) is 0. The van der Waals surface area contributed by atoms with Crippen LogP contribution in [-0.2, 0) is 6.18 Å². The van der Waals surface area contributed by atoms with E-state index in [0.717, 1.165) is 6.07 Å². The van der Waals surface area contributed by atoms with Crippen LogP contribution in [0.1, 0.15) is 40.4 Å². The van der Waals surface area contributed by atoms with Gasteiger partial charge in [-0.3, -0.25) is 4.79 Å². The first-order chi connectivity index (χ1) is 12.4. The molecule has 1 aromatic heterocycles. The number of alkyl halides is 3. The molecule has 0 bridgehead atoms. The minimum absolute atomic E-state index is 0.100. The maximum absolute atomic E-state index is 13.3. The van der Waals surface area contributed by atoms with Gasteiger partial charge in [-0.25, -0.2) is 0 Å². The standard InChI is InChI=1S/C19H18F3N3O/c20-19(21,22)16-5-2-1-4-15(16)12-8-13-10-25(11-14(13)9-12)18(26)17-6-3-7-23-24-17/h1-7,12-14H,8-11H2/t12-,13-,14+. The first-order valence-corrected chi connectivity index (χ1v) is 8.66. The van der Waals surface area contributed by atoms with Crippen LogP contribution in [0.5, 0.6) is 0 Å². The van der Waals surface area contributed by atoms with E-state index in [-0.39, 0.29) is 23.7 Å². The van der Waals surface area contributed by atoms with Crippen molar-refractivity contribution in [1.29, 1.82) is 0 Å². The maximum Gasteiger partial charge on any atom is 0.416 e. The lowest BCUT2D eigenvalue weighted by Gasteiger charge is -2.21. The van der Waals surface area contributed by atoms with Gasteiger partial charge in [0.25, 0.3) is 5.91 Å². The highest BCUT2D eigenvalue weighted by molar-refractivity contribution is 5.92. The van der Waals surface area contributed by atoms with E-state index < -0.39 is 11.7 Å². The number of carbonyl (C=O) groups is 1. The van der Waals surface area contributed by atoms with Crippen LogP contribution in [0.2, 0.25) is 0 Å². The van der Waals surface area contributed by atoms with Gasteiger partial charge in [0.2, 0.25) is 0 Å². The van der Waals surface area contributed by atoms with Crippen molar-refractivity contribution in [3.8, 4) is 0 Å². The SMILES string of the molecule is O=C(c1cccnn1)N1C[C@H]2C[C@@H](c3ccccc3C(F)(F)F)C[C@H]2C1. The maximum atomic E-state index is 13.3. The van der Waals surface area contributed by atoms with Crippen LogP contribution in [0.4, 0.5) is 13.2 Å². The average molecular weight is 361 g/mol. The molecular formula is C19H18F3N3O. The van der Waals surface area contributed by atoms with Gasteiger partial charge < -0.3 is 4.90 Å². The van der Waals surface area contributed by atoms with Gasteiger partial charge in [-0.15, -0.1) is 5.10 Å². The fraction of sp³-hybridized carbons (Fsp3) is 0.421. The summed E-state index contributed by atoms with van der Waals surface area (Å²) in [6, 6.07) is 9.16. The average Bonchev–Trinajstić information content (AvgIpc) is 3.20. The molecule has 4 rings (SSSR count). The number of benzene rings is 1. The highest BCUT2D eigenvalue weighted by Crippen LogP contribution is 2.48. The molecular weight excluding hydrogens is 343 g/mol. The van der Waals surface area contributed by atoms with Crippen LogP contribution >= 0.6 is 0 Å². The minimum atomic E-state index is -4.33. The highest BCUT2D eigenvalue weighted by Gasteiger charge is 2.45. The van der Waals surface area contributed by atoms with Crippen LogP contribution in [0.25, 0.3) is 0 Å². The molecule has 1 aliphatic heterocycles. The monoisotopic (exact) mass is 361 g/mol. The lowest BCUT2D eigenvalue weighted by Crippen LogP contribution is -2.30. The van der Waals surface area contributed by atoms with Crippen LogP contribution in [-0.4, -0.2) is 34.1 Å². The Morgan fingerprint density at radius 3 is 2.35 bits per heavy atom. The van der Waals surface area contributed by atoms with E-state index in [9.17, 15) is 18.0 Å². The quantitative estimate of drug-likeness (QED) is 0.818. The van der Waals surface area contributed by atoms with Gasteiger partial charge in [0.05, 0.1) is 5.56 Å². The molecule has 7 heteroatoms. The molecule has 1 amide bonds. The van der Waals surface area contributed by atoms with Crippen molar-refractivity contribution in [3.63, 3.8) is 0 Å². The molecule has 1 aliphatic carbocycles. The molecule has 0 unspecified atom stereocenters.